The van der Waals surface area contributed by atoms with Gasteiger partial charge in [-0.3, -0.25) is 4.79 Å². The first-order valence-electron chi connectivity index (χ1n) is 7.35. The minimum atomic E-state index is -1.01. The highest BCUT2D eigenvalue weighted by molar-refractivity contribution is 5.76. The molecule has 1 aromatic heterocycles. The molecular formula is C17H19NO5. The van der Waals surface area contributed by atoms with Crippen molar-refractivity contribution < 1.29 is 23.8 Å². The predicted molar refractivity (Wildman–Crippen MR) is 83.3 cm³/mol. The number of rotatable bonds is 9. The second-order valence-electron chi connectivity index (χ2n) is 5.06. The normalized spacial score (nSPS) is 10.3. The number of carboxylic acid groups (broad SMARTS) is 1. The van der Waals surface area contributed by atoms with Crippen LogP contribution in [-0.2, 0) is 22.4 Å². The molecule has 23 heavy (non-hydrogen) atoms. The van der Waals surface area contributed by atoms with Gasteiger partial charge in [-0.05, 0) is 42.2 Å². The van der Waals surface area contributed by atoms with Gasteiger partial charge in [0.1, 0.15) is 5.75 Å². The Hall–Kier alpha value is -2.76. The van der Waals surface area contributed by atoms with Crippen LogP contribution in [0.5, 0.6) is 5.75 Å². The number of hydrogen-bond acceptors (Lipinski definition) is 4. The number of carbonyl (C=O) groups is 2. The molecular weight excluding hydrogens is 298 g/mol. The summed E-state index contributed by atoms with van der Waals surface area (Å²) in [5.74, 6) is -0.486. The maximum Gasteiger partial charge on any atom is 0.341 e. The molecule has 1 amide bonds. The van der Waals surface area contributed by atoms with Crippen LogP contribution < -0.4 is 10.1 Å². The molecule has 0 spiro atoms. The van der Waals surface area contributed by atoms with Gasteiger partial charge in [0.2, 0.25) is 5.91 Å². The first kappa shape index (κ1) is 16.6. The van der Waals surface area contributed by atoms with E-state index < -0.39 is 5.97 Å². The lowest BCUT2D eigenvalue weighted by molar-refractivity contribution is -0.139. The van der Waals surface area contributed by atoms with Crippen LogP contribution in [0.25, 0.3) is 0 Å². The van der Waals surface area contributed by atoms with E-state index in [2.05, 4.69) is 5.32 Å². The minimum absolute atomic E-state index is 0.00705. The molecule has 6 nitrogen and oxygen atoms in total. The molecule has 6 heteroatoms. The van der Waals surface area contributed by atoms with Crippen LogP contribution in [0.15, 0.2) is 47.3 Å². The second-order valence-corrected chi connectivity index (χ2v) is 5.06. The molecule has 0 aliphatic heterocycles. The molecule has 1 aromatic carbocycles. The van der Waals surface area contributed by atoms with E-state index >= 15 is 0 Å². The van der Waals surface area contributed by atoms with Crippen LogP contribution in [0.1, 0.15) is 17.5 Å². The number of hydrogen-bond donors (Lipinski definition) is 2. The van der Waals surface area contributed by atoms with Gasteiger partial charge in [-0.15, -0.1) is 0 Å². The van der Waals surface area contributed by atoms with Gasteiger partial charge < -0.3 is 19.6 Å². The Labute approximate surface area is 134 Å². The van der Waals surface area contributed by atoms with Crippen molar-refractivity contribution in [2.24, 2.45) is 0 Å². The van der Waals surface area contributed by atoms with E-state index in [1.807, 2.05) is 18.2 Å². The third-order valence-corrected chi connectivity index (χ3v) is 3.24. The third-order valence-electron chi connectivity index (χ3n) is 3.24. The molecule has 0 saturated heterocycles. The summed E-state index contributed by atoms with van der Waals surface area (Å²) in [7, 11) is 0. The van der Waals surface area contributed by atoms with E-state index in [1.165, 1.54) is 0 Å². The molecule has 0 aliphatic carbocycles. The highest BCUT2D eigenvalue weighted by Gasteiger charge is 2.03. The molecule has 0 unspecified atom stereocenters. The average Bonchev–Trinajstić information content (AvgIpc) is 3.05. The Kier molecular flexibility index (Phi) is 6.23. The zero-order valence-corrected chi connectivity index (χ0v) is 12.7. The van der Waals surface area contributed by atoms with Gasteiger partial charge in [0.05, 0.1) is 12.5 Å². The van der Waals surface area contributed by atoms with E-state index in [4.69, 9.17) is 14.3 Å². The second kappa shape index (κ2) is 8.63. The van der Waals surface area contributed by atoms with Gasteiger partial charge >= 0.3 is 5.97 Å². The summed E-state index contributed by atoms with van der Waals surface area (Å²) in [5.41, 5.74) is 2.06. The maximum absolute atomic E-state index is 11.7. The number of amides is 1. The summed E-state index contributed by atoms with van der Waals surface area (Å²) in [4.78, 5) is 22.1. The Morgan fingerprint density at radius 1 is 1.09 bits per heavy atom. The first-order chi connectivity index (χ1) is 11.1. The van der Waals surface area contributed by atoms with Crippen molar-refractivity contribution in [2.45, 2.75) is 19.3 Å². The zero-order valence-electron chi connectivity index (χ0n) is 12.7. The van der Waals surface area contributed by atoms with Crippen molar-refractivity contribution >= 4 is 11.9 Å². The monoisotopic (exact) mass is 317 g/mol. The Morgan fingerprint density at radius 3 is 2.52 bits per heavy atom. The topological polar surface area (TPSA) is 88.8 Å². The van der Waals surface area contributed by atoms with Crippen LogP contribution >= 0.6 is 0 Å². The number of carboxylic acids is 1. The Morgan fingerprint density at radius 2 is 1.87 bits per heavy atom. The van der Waals surface area contributed by atoms with Crippen molar-refractivity contribution in [3.63, 3.8) is 0 Å². The fourth-order valence-electron chi connectivity index (χ4n) is 2.02. The number of ether oxygens (including phenoxy) is 1. The smallest absolute Gasteiger partial charge is 0.341 e. The van der Waals surface area contributed by atoms with Gasteiger partial charge in [-0.1, -0.05) is 12.1 Å². The van der Waals surface area contributed by atoms with E-state index in [0.29, 0.717) is 31.6 Å². The lowest BCUT2D eigenvalue weighted by Gasteiger charge is -2.07. The van der Waals surface area contributed by atoms with Gasteiger partial charge in [0.25, 0.3) is 0 Å². The molecule has 122 valence electrons. The number of benzene rings is 1. The van der Waals surface area contributed by atoms with Gasteiger partial charge in [0, 0.05) is 13.0 Å². The fourth-order valence-corrected chi connectivity index (χ4v) is 2.02. The molecule has 0 atom stereocenters. The molecule has 0 aliphatic rings. The maximum atomic E-state index is 11.7. The lowest BCUT2D eigenvalue weighted by atomic mass is 10.1. The molecule has 0 radical (unpaired) electrons. The average molecular weight is 317 g/mol. The standard InChI is InChI=1S/C17H19NO5/c19-16(6-3-14-8-10-22-11-14)18-9-7-13-1-4-15(5-2-13)23-12-17(20)21/h1-2,4-5,8,10-11H,3,6-7,9,12H2,(H,18,19)(H,20,21). The van der Waals surface area contributed by atoms with E-state index in [0.717, 1.165) is 11.1 Å². The summed E-state index contributed by atoms with van der Waals surface area (Å²) in [5, 5.41) is 11.4. The lowest BCUT2D eigenvalue weighted by Crippen LogP contribution is -2.25. The SMILES string of the molecule is O=C(O)COc1ccc(CCNC(=O)CCc2ccoc2)cc1. The van der Waals surface area contributed by atoms with Gasteiger partial charge in [-0.2, -0.15) is 0 Å². The molecule has 0 saturated carbocycles. The minimum Gasteiger partial charge on any atom is -0.482 e. The molecule has 0 fully saturated rings. The molecule has 2 aromatic rings. The highest BCUT2D eigenvalue weighted by atomic mass is 16.5. The van der Waals surface area contributed by atoms with Crippen molar-refractivity contribution in [1.29, 1.82) is 0 Å². The van der Waals surface area contributed by atoms with E-state index in [-0.39, 0.29) is 12.5 Å². The summed E-state index contributed by atoms with van der Waals surface area (Å²) < 4.78 is 10.0. The largest absolute Gasteiger partial charge is 0.482 e. The molecule has 0 bridgehead atoms. The first-order valence-corrected chi connectivity index (χ1v) is 7.35. The quantitative estimate of drug-likeness (QED) is 0.739. The fraction of sp³-hybridized carbons (Fsp3) is 0.294. The number of aryl methyl sites for hydroxylation is 1. The molecule has 1 heterocycles. The summed E-state index contributed by atoms with van der Waals surface area (Å²) in [6.45, 7) is 0.200. The van der Waals surface area contributed by atoms with Crippen LogP contribution in [-0.4, -0.2) is 30.1 Å². The van der Waals surface area contributed by atoms with Crippen molar-refractivity contribution in [3.05, 3.63) is 54.0 Å². The van der Waals surface area contributed by atoms with Gasteiger partial charge in [-0.25, -0.2) is 4.79 Å². The van der Waals surface area contributed by atoms with Crippen LogP contribution in [0.4, 0.5) is 0 Å². The molecule has 2 N–H and O–H groups in total. The van der Waals surface area contributed by atoms with Crippen molar-refractivity contribution in [1.82, 2.24) is 5.32 Å². The van der Waals surface area contributed by atoms with Crippen LogP contribution in [0.2, 0.25) is 0 Å². The number of aliphatic carboxylic acids is 1. The van der Waals surface area contributed by atoms with E-state index in [1.54, 1.807) is 24.7 Å². The third kappa shape index (κ3) is 6.25. The number of nitrogens with one attached hydrogen (secondary N) is 1. The van der Waals surface area contributed by atoms with E-state index in [9.17, 15) is 9.59 Å². The predicted octanol–water partition coefficient (Wildman–Crippen LogP) is 2.03. The Balaban J connectivity index is 1.65. The van der Waals surface area contributed by atoms with Crippen LogP contribution in [0, 0.1) is 0 Å². The summed E-state index contributed by atoms with van der Waals surface area (Å²) in [6, 6.07) is 9.00. The summed E-state index contributed by atoms with van der Waals surface area (Å²) in [6.07, 6.45) is 5.04. The number of carbonyl (C=O) groups excluding carboxylic acids is 1. The van der Waals surface area contributed by atoms with Gasteiger partial charge in [0.15, 0.2) is 6.61 Å². The Bertz CT molecular complexity index is 619. The molecule has 2 rings (SSSR count). The van der Waals surface area contributed by atoms with Crippen molar-refractivity contribution in [2.75, 3.05) is 13.2 Å². The number of furan rings is 1. The summed E-state index contributed by atoms with van der Waals surface area (Å²) >= 11 is 0. The van der Waals surface area contributed by atoms with Crippen LogP contribution in [0.3, 0.4) is 0 Å². The van der Waals surface area contributed by atoms with Crippen molar-refractivity contribution in [3.8, 4) is 5.75 Å². The zero-order chi connectivity index (χ0) is 16.5. The highest BCUT2D eigenvalue weighted by Crippen LogP contribution is 2.12.